The van der Waals surface area contributed by atoms with Gasteiger partial charge < -0.3 is 25.6 Å². The van der Waals surface area contributed by atoms with Crippen LogP contribution in [0.4, 0.5) is 4.39 Å². The molecule has 2 aromatic rings. The van der Waals surface area contributed by atoms with Crippen LogP contribution in [0.15, 0.2) is 48.5 Å². The number of halogens is 1. The van der Waals surface area contributed by atoms with Gasteiger partial charge in [0, 0.05) is 20.1 Å². The van der Waals surface area contributed by atoms with Gasteiger partial charge in [0.25, 0.3) is 0 Å². The Hall–Kier alpha value is -3.46. The van der Waals surface area contributed by atoms with Crippen molar-refractivity contribution in [2.24, 2.45) is 5.92 Å². The fraction of sp³-hybridized carbons (Fsp3) is 0.500. The first-order valence-electron chi connectivity index (χ1n) is 13.7. The number of hydrogen-bond donors (Lipinski definition) is 3. The average molecular weight is 543 g/mol. The zero-order chi connectivity index (χ0) is 28.6. The molecule has 3 amide bonds. The van der Waals surface area contributed by atoms with E-state index in [2.05, 4.69) is 22.9 Å². The van der Waals surface area contributed by atoms with Crippen molar-refractivity contribution in [3.63, 3.8) is 0 Å². The predicted octanol–water partition coefficient (Wildman–Crippen LogP) is 3.23. The molecule has 0 saturated carbocycles. The summed E-state index contributed by atoms with van der Waals surface area (Å²) in [7, 11) is 1.61. The van der Waals surface area contributed by atoms with E-state index in [1.54, 1.807) is 19.2 Å². The molecule has 2 unspecified atom stereocenters. The van der Waals surface area contributed by atoms with Crippen molar-refractivity contribution in [3.8, 4) is 5.75 Å². The molecule has 39 heavy (non-hydrogen) atoms. The summed E-state index contributed by atoms with van der Waals surface area (Å²) in [6, 6.07) is 13.9. The van der Waals surface area contributed by atoms with Gasteiger partial charge in [0.1, 0.15) is 18.2 Å². The minimum atomic E-state index is -0.404. The SMILES string of the molecule is CCCC(C)C1NCCOc2ccccc2CCCNC(=O)CNC(=O)CN(C)C1=O.Cc1ccc(F)cc1. The Bertz CT molecular complexity index is 1030. The van der Waals surface area contributed by atoms with E-state index in [9.17, 15) is 18.8 Å². The summed E-state index contributed by atoms with van der Waals surface area (Å²) in [5.41, 5.74) is 2.17. The highest BCUT2D eigenvalue weighted by atomic mass is 19.1. The molecular weight excluding hydrogens is 499 g/mol. The van der Waals surface area contributed by atoms with Crippen LogP contribution in [0.3, 0.4) is 0 Å². The van der Waals surface area contributed by atoms with Gasteiger partial charge in [0.2, 0.25) is 17.7 Å². The third-order valence-electron chi connectivity index (χ3n) is 6.43. The average Bonchev–Trinajstić information content (AvgIpc) is 2.92. The number of likely N-dealkylation sites (N-methyl/N-ethyl adjacent to an activating group) is 1. The van der Waals surface area contributed by atoms with Gasteiger partial charge in [-0.2, -0.15) is 0 Å². The molecule has 1 aliphatic rings. The molecule has 0 spiro atoms. The number of fused-ring (bicyclic) bond motifs is 1. The number of carbonyl (C=O) groups is 3. The molecule has 0 bridgehead atoms. The standard InChI is InChI=1S/C23H36N4O4.C7H7F/c1-4-8-17(2)22-23(30)27(3)16-21(29)26-15-20(28)24-12-7-10-18-9-5-6-11-19(18)31-14-13-25-22;1-6-2-4-7(8)5-3-6/h5-6,9,11,17,22,25H,4,7-8,10,12-16H2,1-3H3,(H,24,28)(H,26,29);2-5H,1H3. The highest BCUT2D eigenvalue weighted by molar-refractivity contribution is 5.89. The van der Waals surface area contributed by atoms with Crippen LogP contribution >= 0.6 is 0 Å². The minimum Gasteiger partial charge on any atom is -0.492 e. The lowest BCUT2D eigenvalue weighted by atomic mass is 9.95. The molecule has 2 atom stereocenters. The molecule has 0 aromatic heterocycles. The number of amides is 3. The van der Waals surface area contributed by atoms with Crippen molar-refractivity contribution in [2.75, 3.05) is 39.8 Å². The highest BCUT2D eigenvalue weighted by Gasteiger charge is 2.28. The van der Waals surface area contributed by atoms with Crippen LogP contribution in [0.1, 0.15) is 44.2 Å². The molecule has 1 heterocycles. The maximum absolute atomic E-state index is 13.0. The predicted molar refractivity (Wildman–Crippen MR) is 151 cm³/mol. The third-order valence-corrected chi connectivity index (χ3v) is 6.43. The van der Waals surface area contributed by atoms with Crippen LogP contribution in [0.2, 0.25) is 0 Å². The summed E-state index contributed by atoms with van der Waals surface area (Å²) in [6.45, 7) is 7.33. The summed E-state index contributed by atoms with van der Waals surface area (Å²) >= 11 is 0. The summed E-state index contributed by atoms with van der Waals surface area (Å²) in [4.78, 5) is 38.6. The van der Waals surface area contributed by atoms with Crippen LogP contribution in [-0.2, 0) is 20.8 Å². The second-order valence-corrected chi connectivity index (χ2v) is 9.87. The molecular formula is C30H43FN4O4. The number of hydrogen-bond acceptors (Lipinski definition) is 5. The number of carbonyl (C=O) groups excluding carboxylic acids is 3. The zero-order valence-corrected chi connectivity index (χ0v) is 23.6. The molecule has 2 aromatic carbocycles. The zero-order valence-electron chi connectivity index (χ0n) is 23.6. The van der Waals surface area contributed by atoms with E-state index in [1.165, 1.54) is 17.0 Å². The van der Waals surface area contributed by atoms with Gasteiger partial charge >= 0.3 is 0 Å². The van der Waals surface area contributed by atoms with Gasteiger partial charge in [0.05, 0.1) is 19.1 Å². The van der Waals surface area contributed by atoms with E-state index >= 15 is 0 Å². The van der Waals surface area contributed by atoms with Crippen molar-refractivity contribution >= 4 is 17.7 Å². The molecule has 9 heteroatoms. The van der Waals surface area contributed by atoms with Gasteiger partial charge in [-0.25, -0.2) is 4.39 Å². The Labute approximate surface area is 231 Å². The number of aryl methyl sites for hydroxylation is 2. The molecule has 0 aliphatic carbocycles. The maximum atomic E-state index is 13.0. The van der Waals surface area contributed by atoms with E-state index in [-0.39, 0.29) is 42.5 Å². The largest absolute Gasteiger partial charge is 0.492 e. The summed E-state index contributed by atoms with van der Waals surface area (Å²) < 4.78 is 18.1. The van der Waals surface area contributed by atoms with Gasteiger partial charge in [-0.05, 0) is 55.9 Å². The van der Waals surface area contributed by atoms with Crippen molar-refractivity contribution in [1.82, 2.24) is 20.9 Å². The number of rotatable bonds is 3. The Morgan fingerprint density at radius 2 is 1.74 bits per heavy atom. The molecule has 0 saturated heterocycles. The van der Waals surface area contributed by atoms with Crippen molar-refractivity contribution in [3.05, 3.63) is 65.5 Å². The van der Waals surface area contributed by atoms with Crippen molar-refractivity contribution in [1.29, 1.82) is 0 Å². The van der Waals surface area contributed by atoms with E-state index in [1.807, 2.05) is 38.1 Å². The van der Waals surface area contributed by atoms with E-state index in [0.717, 1.165) is 42.6 Å². The fourth-order valence-corrected chi connectivity index (χ4v) is 4.25. The van der Waals surface area contributed by atoms with E-state index in [0.29, 0.717) is 19.7 Å². The lowest BCUT2D eigenvalue weighted by molar-refractivity contribution is -0.137. The summed E-state index contributed by atoms with van der Waals surface area (Å²) in [6.07, 6.45) is 3.41. The topological polar surface area (TPSA) is 99.8 Å². The van der Waals surface area contributed by atoms with Crippen LogP contribution in [0, 0.1) is 18.7 Å². The van der Waals surface area contributed by atoms with Crippen molar-refractivity contribution < 1.29 is 23.5 Å². The molecule has 214 valence electrons. The normalized spacial score (nSPS) is 18.6. The van der Waals surface area contributed by atoms with Crippen LogP contribution < -0.4 is 20.7 Å². The second-order valence-electron chi connectivity index (χ2n) is 9.87. The summed E-state index contributed by atoms with van der Waals surface area (Å²) in [5, 5.41) is 8.73. The highest BCUT2D eigenvalue weighted by Crippen LogP contribution is 2.19. The first-order valence-corrected chi connectivity index (χ1v) is 13.7. The van der Waals surface area contributed by atoms with Gasteiger partial charge in [-0.15, -0.1) is 0 Å². The van der Waals surface area contributed by atoms with Gasteiger partial charge in [0.15, 0.2) is 0 Å². The maximum Gasteiger partial charge on any atom is 0.240 e. The molecule has 3 rings (SSSR count). The smallest absolute Gasteiger partial charge is 0.240 e. The first-order chi connectivity index (χ1) is 18.7. The van der Waals surface area contributed by atoms with Crippen LogP contribution in [0.5, 0.6) is 5.75 Å². The van der Waals surface area contributed by atoms with Gasteiger partial charge in [-0.1, -0.05) is 56.2 Å². The van der Waals surface area contributed by atoms with Gasteiger partial charge in [-0.3, -0.25) is 14.4 Å². The number of para-hydroxylation sites is 1. The Morgan fingerprint density at radius 3 is 2.44 bits per heavy atom. The van der Waals surface area contributed by atoms with E-state index < -0.39 is 6.04 Å². The third kappa shape index (κ3) is 11.9. The Balaban J connectivity index is 0.000000568. The fourth-order valence-electron chi connectivity index (χ4n) is 4.25. The molecule has 1 aliphatic heterocycles. The lowest BCUT2D eigenvalue weighted by Crippen LogP contribution is -2.52. The Morgan fingerprint density at radius 1 is 1.03 bits per heavy atom. The summed E-state index contributed by atoms with van der Waals surface area (Å²) in [5.74, 6) is 0.0327. The monoisotopic (exact) mass is 542 g/mol. The lowest BCUT2D eigenvalue weighted by Gasteiger charge is -2.28. The molecule has 3 N–H and O–H groups in total. The van der Waals surface area contributed by atoms with Crippen LogP contribution in [0.25, 0.3) is 0 Å². The first kappa shape index (κ1) is 31.8. The molecule has 0 fully saturated rings. The molecule has 0 radical (unpaired) electrons. The number of nitrogens with one attached hydrogen (secondary N) is 3. The van der Waals surface area contributed by atoms with Crippen molar-refractivity contribution in [2.45, 2.75) is 52.5 Å². The number of ether oxygens (including phenoxy) is 1. The second kappa shape index (κ2) is 17.2. The minimum absolute atomic E-state index is 0.0903. The quantitative estimate of drug-likeness (QED) is 0.553. The van der Waals surface area contributed by atoms with Crippen LogP contribution in [-0.4, -0.2) is 68.5 Å². The Kier molecular flexibility index (Phi) is 14.0. The number of benzene rings is 2. The van der Waals surface area contributed by atoms with E-state index in [4.69, 9.17) is 4.74 Å². The molecule has 8 nitrogen and oxygen atoms in total. The number of nitrogens with zero attached hydrogens (tertiary/aromatic N) is 1.